The fourth-order valence-electron chi connectivity index (χ4n) is 2.03. The van der Waals surface area contributed by atoms with Crippen LogP contribution in [0.4, 0.5) is 14.9 Å². The average molecular weight is 284 g/mol. The molecule has 3 rings (SSSR count). The minimum absolute atomic E-state index is 0.148. The van der Waals surface area contributed by atoms with Crippen LogP contribution in [0.15, 0.2) is 54.9 Å². The van der Waals surface area contributed by atoms with Crippen LogP contribution in [0.3, 0.4) is 0 Å². The molecule has 0 fully saturated rings. The van der Waals surface area contributed by atoms with Gasteiger partial charge in [-0.25, -0.2) is 13.7 Å². The first-order valence-electron chi connectivity index (χ1n) is 6.44. The molecule has 0 aliphatic carbocycles. The highest BCUT2D eigenvalue weighted by molar-refractivity contribution is 5.89. The predicted octanol–water partition coefficient (Wildman–Crippen LogP) is 2.80. The highest BCUT2D eigenvalue weighted by Crippen LogP contribution is 2.12. The van der Waals surface area contributed by atoms with Gasteiger partial charge in [0, 0.05) is 18.3 Å². The van der Waals surface area contributed by atoms with Crippen LogP contribution < -0.4 is 10.6 Å². The Balaban J connectivity index is 1.65. The molecule has 3 aromatic rings. The van der Waals surface area contributed by atoms with E-state index in [2.05, 4.69) is 15.7 Å². The molecule has 2 aromatic heterocycles. The minimum atomic E-state index is -0.469. The van der Waals surface area contributed by atoms with Crippen LogP contribution in [0.25, 0.3) is 5.52 Å². The third-order valence-corrected chi connectivity index (χ3v) is 3.07. The number of nitrogens with one attached hydrogen (secondary N) is 2. The number of carbonyl (C=O) groups excluding carboxylic acids is 1. The van der Waals surface area contributed by atoms with Crippen molar-refractivity contribution < 1.29 is 9.18 Å². The molecule has 0 spiro atoms. The van der Waals surface area contributed by atoms with E-state index in [0.717, 1.165) is 11.1 Å². The highest BCUT2D eigenvalue weighted by atomic mass is 19.1. The van der Waals surface area contributed by atoms with Gasteiger partial charge in [0.25, 0.3) is 0 Å². The molecule has 5 nitrogen and oxygen atoms in total. The van der Waals surface area contributed by atoms with Crippen molar-refractivity contribution in [2.75, 3.05) is 5.32 Å². The van der Waals surface area contributed by atoms with E-state index in [1.54, 1.807) is 22.8 Å². The first-order chi connectivity index (χ1) is 10.2. The van der Waals surface area contributed by atoms with Gasteiger partial charge in [-0.05, 0) is 24.3 Å². The van der Waals surface area contributed by atoms with E-state index in [-0.39, 0.29) is 5.69 Å². The Morgan fingerprint density at radius 2 is 2.00 bits per heavy atom. The van der Waals surface area contributed by atoms with Crippen LogP contribution in [-0.4, -0.2) is 15.6 Å². The number of hydrogen-bond acceptors (Lipinski definition) is 2. The number of fused-ring (bicyclic) bond motifs is 1. The summed E-state index contributed by atoms with van der Waals surface area (Å²) in [6.45, 7) is 0.313. The number of nitrogens with zero attached hydrogens (tertiary/aromatic N) is 2. The number of pyridine rings is 1. The number of urea groups is 1. The van der Waals surface area contributed by atoms with Gasteiger partial charge in [-0.2, -0.15) is 5.10 Å². The first-order valence-corrected chi connectivity index (χ1v) is 6.44. The lowest BCUT2D eigenvalue weighted by atomic mass is 10.2. The van der Waals surface area contributed by atoms with Crippen molar-refractivity contribution in [1.82, 2.24) is 14.9 Å². The number of hydrogen-bond donors (Lipinski definition) is 2. The van der Waals surface area contributed by atoms with E-state index in [4.69, 9.17) is 0 Å². The predicted molar refractivity (Wildman–Crippen MR) is 77.5 cm³/mol. The Morgan fingerprint density at radius 1 is 1.19 bits per heavy atom. The lowest BCUT2D eigenvalue weighted by molar-refractivity contribution is 0.251. The maximum Gasteiger partial charge on any atom is 0.319 e. The fraction of sp³-hybridized carbons (Fsp3) is 0.0667. The standard InChI is InChI=1S/C15H13FN4O/c16-12-5-1-2-6-13(12)19-15(21)17-9-11-10-18-20-8-4-3-7-14(11)20/h1-8,10H,9H2,(H2,17,19,21). The molecular formula is C15H13FN4O. The van der Waals surface area contributed by atoms with Crippen LogP contribution in [-0.2, 0) is 6.54 Å². The number of anilines is 1. The molecular weight excluding hydrogens is 271 g/mol. The van der Waals surface area contributed by atoms with E-state index >= 15 is 0 Å². The van der Waals surface area contributed by atoms with E-state index in [1.165, 1.54) is 12.1 Å². The molecule has 0 saturated heterocycles. The summed E-state index contributed by atoms with van der Waals surface area (Å²) < 4.78 is 15.1. The molecule has 106 valence electrons. The lowest BCUT2D eigenvalue weighted by Gasteiger charge is -2.07. The largest absolute Gasteiger partial charge is 0.334 e. The molecule has 21 heavy (non-hydrogen) atoms. The highest BCUT2D eigenvalue weighted by Gasteiger charge is 2.07. The van der Waals surface area contributed by atoms with E-state index in [0.29, 0.717) is 6.54 Å². The van der Waals surface area contributed by atoms with Crippen molar-refractivity contribution in [3.05, 3.63) is 66.2 Å². The van der Waals surface area contributed by atoms with Crippen molar-refractivity contribution in [3.8, 4) is 0 Å². The zero-order valence-corrected chi connectivity index (χ0v) is 11.1. The first kappa shape index (κ1) is 13.1. The summed E-state index contributed by atoms with van der Waals surface area (Å²) in [6.07, 6.45) is 3.52. The molecule has 0 bridgehead atoms. The van der Waals surface area contributed by atoms with Crippen molar-refractivity contribution >= 4 is 17.2 Å². The fourth-order valence-corrected chi connectivity index (χ4v) is 2.03. The second-order valence-electron chi connectivity index (χ2n) is 4.49. The van der Waals surface area contributed by atoms with Gasteiger partial charge in [-0.3, -0.25) is 0 Å². The Bertz CT molecular complexity index is 784. The summed E-state index contributed by atoms with van der Waals surface area (Å²) >= 11 is 0. The van der Waals surface area contributed by atoms with Gasteiger partial charge in [-0.1, -0.05) is 18.2 Å². The zero-order valence-electron chi connectivity index (χ0n) is 11.1. The van der Waals surface area contributed by atoms with E-state index < -0.39 is 11.8 Å². The Hall–Kier alpha value is -2.89. The quantitative estimate of drug-likeness (QED) is 0.777. The van der Waals surface area contributed by atoms with Crippen LogP contribution in [0.2, 0.25) is 0 Å². The lowest BCUT2D eigenvalue weighted by Crippen LogP contribution is -2.28. The smallest absolute Gasteiger partial charge is 0.319 e. The van der Waals surface area contributed by atoms with Gasteiger partial charge in [-0.15, -0.1) is 0 Å². The molecule has 0 radical (unpaired) electrons. The third kappa shape index (κ3) is 2.84. The topological polar surface area (TPSA) is 58.4 Å². The van der Waals surface area contributed by atoms with Crippen molar-refractivity contribution in [2.45, 2.75) is 6.54 Å². The number of rotatable bonds is 3. The van der Waals surface area contributed by atoms with Crippen molar-refractivity contribution in [2.24, 2.45) is 0 Å². The molecule has 0 aliphatic heterocycles. The number of para-hydroxylation sites is 1. The second-order valence-corrected chi connectivity index (χ2v) is 4.49. The molecule has 0 aliphatic rings. The van der Waals surface area contributed by atoms with Gasteiger partial charge in [0.1, 0.15) is 5.82 Å². The normalized spacial score (nSPS) is 10.5. The van der Waals surface area contributed by atoms with Crippen molar-refractivity contribution in [1.29, 1.82) is 0 Å². The van der Waals surface area contributed by atoms with Gasteiger partial charge in [0.2, 0.25) is 0 Å². The summed E-state index contributed by atoms with van der Waals surface area (Å²) in [5.41, 5.74) is 1.96. The van der Waals surface area contributed by atoms with Crippen LogP contribution >= 0.6 is 0 Å². The number of aromatic nitrogens is 2. The minimum Gasteiger partial charge on any atom is -0.334 e. The van der Waals surface area contributed by atoms with E-state index in [1.807, 2.05) is 24.4 Å². The van der Waals surface area contributed by atoms with Gasteiger partial charge in [0.15, 0.2) is 0 Å². The average Bonchev–Trinajstić information content (AvgIpc) is 2.91. The van der Waals surface area contributed by atoms with Crippen LogP contribution in [0.1, 0.15) is 5.56 Å². The molecule has 1 aromatic carbocycles. The maximum atomic E-state index is 13.4. The van der Waals surface area contributed by atoms with Crippen LogP contribution in [0.5, 0.6) is 0 Å². The summed E-state index contributed by atoms with van der Waals surface area (Å²) in [4.78, 5) is 11.8. The third-order valence-electron chi connectivity index (χ3n) is 3.07. The Kier molecular flexibility index (Phi) is 3.51. The molecule has 0 saturated carbocycles. The molecule has 2 amide bonds. The molecule has 2 heterocycles. The summed E-state index contributed by atoms with van der Waals surface area (Å²) in [7, 11) is 0. The number of carbonyl (C=O) groups is 1. The van der Waals surface area contributed by atoms with Gasteiger partial charge in [0.05, 0.1) is 17.4 Å². The Morgan fingerprint density at radius 3 is 2.86 bits per heavy atom. The van der Waals surface area contributed by atoms with E-state index in [9.17, 15) is 9.18 Å². The van der Waals surface area contributed by atoms with Crippen molar-refractivity contribution in [3.63, 3.8) is 0 Å². The second kappa shape index (κ2) is 5.62. The number of halogens is 1. The van der Waals surface area contributed by atoms with Gasteiger partial charge < -0.3 is 10.6 Å². The summed E-state index contributed by atoms with van der Waals surface area (Å²) in [5.74, 6) is -0.469. The monoisotopic (exact) mass is 284 g/mol. The molecule has 0 atom stereocenters. The zero-order chi connectivity index (χ0) is 14.7. The molecule has 0 unspecified atom stereocenters. The SMILES string of the molecule is O=C(NCc1cnn2ccccc12)Nc1ccccc1F. The van der Waals surface area contributed by atoms with Crippen LogP contribution in [0, 0.1) is 5.82 Å². The number of benzene rings is 1. The maximum absolute atomic E-state index is 13.4. The molecule has 2 N–H and O–H groups in total. The number of amides is 2. The molecule has 6 heteroatoms. The van der Waals surface area contributed by atoms with Gasteiger partial charge >= 0.3 is 6.03 Å². The summed E-state index contributed by atoms with van der Waals surface area (Å²) in [5, 5.41) is 9.33. The summed E-state index contributed by atoms with van der Waals surface area (Å²) in [6, 6.07) is 11.3. The Labute approximate surface area is 120 Å².